The number of thiazole rings is 1. The molecule has 0 unspecified atom stereocenters. The first-order valence-electron chi connectivity index (χ1n) is 12.0. The number of hydrogen-bond acceptors (Lipinski definition) is 6. The number of piperidine rings is 1. The summed E-state index contributed by atoms with van der Waals surface area (Å²) in [6, 6.07) is 5.13. The molecule has 1 N–H and O–H groups in total. The first-order valence-corrected chi connectivity index (χ1v) is 12.8. The molecule has 2 aliphatic rings. The van der Waals surface area contributed by atoms with Gasteiger partial charge in [-0.3, -0.25) is 19.5 Å². The molecule has 0 saturated carbocycles. The van der Waals surface area contributed by atoms with E-state index < -0.39 is 5.54 Å². The number of nitrogens with one attached hydrogen (secondary N) is 1. The second-order valence-electron chi connectivity index (χ2n) is 9.76. The van der Waals surface area contributed by atoms with Crippen LogP contribution in [0, 0.1) is 25.7 Å². The Morgan fingerprint density at radius 2 is 1.97 bits per heavy atom. The monoisotopic (exact) mass is 483 g/mol. The minimum atomic E-state index is -0.928. The number of rotatable bonds is 7. The summed E-state index contributed by atoms with van der Waals surface area (Å²) in [5.74, 6) is 0.231. The number of aromatic nitrogens is 2. The second-order valence-corrected chi connectivity index (χ2v) is 11.0. The Morgan fingerprint density at radius 1 is 1.24 bits per heavy atom. The van der Waals surface area contributed by atoms with Gasteiger partial charge in [0.2, 0.25) is 0 Å². The average Bonchev–Trinajstić information content (AvgIpc) is 3.28. The van der Waals surface area contributed by atoms with Crippen LogP contribution in [0.5, 0.6) is 0 Å². The molecule has 182 valence electrons. The van der Waals surface area contributed by atoms with E-state index in [1.165, 1.54) is 16.2 Å². The number of hydrogen-bond donors (Lipinski definition) is 1. The van der Waals surface area contributed by atoms with Gasteiger partial charge in [0, 0.05) is 19.3 Å². The van der Waals surface area contributed by atoms with Gasteiger partial charge >= 0.3 is 6.03 Å². The van der Waals surface area contributed by atoms with E-state index in [-0.39, 0.29) is 30.3 Å². The molecule has 2 aliphatic heterocycles. The minimum Gasteiger partial charge on any atom is -0.338 e. The van der Waals surface area contributed by atoms with Crippen LogP contribution in [0.4, 0.5) is 4.79 Å². The Labute approximate surface area is 204 Å². The minimum absolute atomic E-state index is 0.0105. The predicted molar refractivity (Wildman–Crippen MR) is 130 cm³/mol. The number of amides is 4. The Bertz CT molecular complexity index is 1060. The topological polar surface area (TPSA) is 95.5 Å². The molecule has 8 nitrogen and oxygen atoms in total. The lowest BCUT2D eigenvalue weighted by atomic mass is 9.73. The van der Waals surface area contributed by atoms with Crippen LogP contribution in [0.15, 0.2) is 24.4 Å². The highest BCUT2D eigenvalue weighted by Crippen LogP contribution is 2.38. The Kier molecular flexibility index (Phi) is 7.02. The highest BCUT2D eigenvalue weighted by Gasteiger charge is 2.55. The van der Waals surface area contributed by atoms with Gasteiger partial charge in [-0.2, -0.15) is 0 Å². The van der Waals surface area contributed by atoms with Gasteiger partial charge in [-0.1, -0.05) is 19.9 Å². The van der Waals surface area contributed by atoms with Crippen molar-refractivity contribution in [2.75, 3.05) is 13.1 Å². The SMILES string of the molecule is Cc1nc(C)c(C(=O)N2CCC([C@@]3(CCC(C)C)NC(=O)N(Cc4ccccn4)C3=O)CC2)s1. The Morgan fingerprint density at radius 3 is 2.56 bits per heavy atom. The van der Waals surface area contributed by atoms with Crippen LogP contribution >= 0.6 is 11.3 Å². The maximum absolute atomic E-state index is 13.8. The number of carbonyl (C=O) groups excluding carboxylic acids is 3. The normalized spacial score (nSPS) is 21.4. The zero-order valence-corrected chi connectivity index (χ0v) is 21.2. The zero-order chi connectivity index (χ0) is 24.5. The third kappa shape index (κ3) is 4.71. The lowest BCUT2D eigenvalue weighted by Crippen LogP contribution is -2.56. The molecule has 1 atom stereocenters. The molecular weight excluding hydrogens is 450 g/mol. The maximum Gasteiger partial charge on any atom is 0.325 e. The summed E-state index contributed by atoms with van der Waals surface area (Å²) in [6.45, 7) is 9.32. The number of nitrogens with zero attached hydrogens (tertiary/aromatic N) is 4. The number of likely N-dealkylation sites (tertiary alicyclic amines) is 1. The van der Waals surface area contributed by atoms with Gasteiger partial charge < -0.3 is 10.2 Å². The molecule has 0 aromatic carbocycles. The molecule has 2 fully saturated rings. The Hall–Kier alpha value is -2.81. The van der Waals surface area contributed by atoms with E-state index in [4.69, 9.17) is 0 Å². The number of pyridine rings is 1. The van der Waals surface area contributed by atoms with E-state index >= 15 is 0 Å². The average molecular weight is 484 g/mol. The van der Waals surface area contributed by atoms with Gasteiger partial charge in [-0.15, -0.1) is 11.3 Å². The van der Waals surface area contributed by atoms with Crippen LogP contribution < -0.4 is 5.32 Å². The maximum atomic E-state index is 13.8. The molecule has 9 heteroatoms. The molecule has 2 saturated heterocycles. The molecular formula is C25H33N5O3S. The third-order valence-electron chi connectivity index (χ3n) is 6.94. The molecule has 34 heavy (non-hydrogen) atoms. The van der Waals surface area contributed by atoms with Crippen molar-refractivity contribution in [3.63, 3.8) is 0 Å². The second kappa shape index (κ2) is 9.82. The largest absolute Gasteiger partial charge is 0.338 e. The van der Waals surface area contributed by atoms with Crippen LogP contribution in [0.2, 0.25) is 0 Å². The van der Waals surface area contributed by atoms with E-state index in [1.807, 2.05) is 36.9 Å². The number of urea groups is 1. The molecule has 2 aromatic rings. The van der Waals surface area contributed by atoms with Crippen molar-refractivity contribution < 1.29 is 14.4 Å². The molecule has 0 aliphatic carbocycles. The fourth-order valence-corrected chi connectivity index (χ4v) is 5.95. The van der Waals surface area contributed by atoms with Crippen molar-refractivity contribution in [2.45, 2.75) is 65.5 Å². The van der Waals surface area contributed by atoms with Crippen molar-refractivity contribution in [3.8, 4) is 0 Å². The number of imide groups is 1. The highest BCUT2D eigenvalue weighted by atomic mass is 32.1. The number of aryl methyl sites for hydroxylation is 2. The molecule has 4 amide bonds. The first kappa shape index (κ1) is 24.3. The molecule has 4 heterocycles. The van der Waals surface area contributed by atoms with Gasteiger partial charge in [-0.05, 0) is 63.5 Å². The smallest absolute Gasteiger partial charge is 0.325 e. The van der Waals surface area contributed by atoms with Gasteiger partial charge in [0.1, 0.15) is 10.4 Å². The standard InChI is InChI=1S/C25H33N5O3S/c1-16(2)8-11-25(23(32)30(24(33)28-25)15-20-7-5-6-12-26-20)19-9-13-29(14-10-19)22(31)21-17(3)27-18(4)34-21/h5-7,12,16,19H,8-11,13-15H2,1-4H3,(H,28,33)/t25-/m1/s1. The van der Waals surface area contributed by atoms with Crippen molar-refractivity contribution in [3.05, 3.63) is 45.7 Å². The van der Waals surface area contributed by atoms with E-state index in [9.17, 15) is 14.4 Å². The molecule has 0 spiro atoms. The van der Waals surface area contributed by atoms with Gasteiger partial charge in [0.05, 0.1) is 22.9 Å². The first-order chi connectivity index (χ1) is 16.2. The van der Waals surface area contributed by atoms with E-state index in [2.05, 4.69) is 29.1 Å². The van der Waals surface area contributed by atoms with E-state index in [0.717, 1.165) is 17.1 Å². The van der Waals surface area contributed by atoms with Gasteiger partial charge in [0.25, 0.3) is 11.8 Å². The summed E-state index contributed by atoms with van der Waals surface area (Å²) < 4.78 is 0. The Balaban J connectivity index is 1.51. The highest BCUT2D eigenvalue weighted by molar-refractivity contribution is 7.13. The fraction of sp³-hybridized carbons (Fsp3) is 0.560. The predicted octanol–water partition coefficient (Wildman–Crippen LogP) is 3.93. The van der Waals surface area contributed by atoms with Crippen molar-refractivity contribution in [1.82, 2.24) is 25.1 Å². The van der Waals surface area contributed by atoms with E-state index in [1.54, 1.807) is 6.20 Å². The van der Waals surface area contributed by atoms with Crippen LogP contribution in [0.25, 0.3) is 0 Å². The summed E-state index contributed by atoms with van der Waals surface area (Å²) in [5, 5.41) is 3.98. The summed E-state index contributed by atoms with van der Waals surface area (Å²) >= 11 is 1.43. The summed E-state index contributed by atoms with van der Waals surface area (Å²) in [5.41, 5.74) is 0.523. The lowest BCUT2D eigenvalue weighted by molar-refractivity contribution is -0.134. The lowest BCUT2D eigenvalue weighted by Gasteiger charge is -2.41. The van der Waals surface area contributed by atoms with E-state index in [0.29, 0.717) is 48.8 Å². The summed E-state index contributed by atoms with van der Waals surface area (Å²) in [7, 11) is 0. The third-order valence-corrected chi connectivity index (χ3v) is 8.00. The van der Waals surface area contributed by atoms with Crippen LogP contribution in [-0.4, -0.2) is 56.2 Å². The summed E-state index contributed by atoms with van der Waals surface area (Å²) in [4.78, 5) is 52.4. The van der Waals surface area contributed by atoms with Crippen LogP contribution in [-0.2, 0) is 11.3 Å². The van der Waals surface area contributed by atoms with Crippen LogP contribution in [0.1, 0.15) is 65.6 Å². The number of carbonyl (C=O) groups is 3. The zero-order valence-electron chi connectivity index (χ0n) is 20.3. The fourth-order valence-electron chi connectivity index (χ4n) is 5.06. The van der Waals surface area contributed by atoms with Gasteiger partial charge in [0.15, 0.2) is 0 Å². The molecule has 0 bridgehead atoms. The van der Waals surface area contributed by atoms with Crippen molar-refractivity contribution >= 4 is 29.2 Å². The molecule has 0 radical (unpaired) electrons. The molecule has 2 aromatic heterocycles. The van der Waals surface area contributed by atoms with Crippen molar-refractivity contribution in [2.24, 2.45) is 11.8 Å². The van der Waals surface area contributed by atoms with Gasteiger partial charge in [-0.25, -0.2) is 9.78 Å². The van der Waals surface area contributed by atoms with Crippen LogP contribution in [0.3, 0.4) is 0 Å². The quantitative estimate of drug-likeness (QED) is 0.602. The van der Waals surface area contributed by atoms with Crippen molar-refractivity contribution in [1.29, 1.82) is 0 Å². The summed E-state index contributed by atoms with van der Waals surface area (Å²) in [6.07, 6.45) is 4.44. The molecule has 4 rings (SSSR count).